The van der Waals surface area contributed by atoms with Crippen molar-refractivity contribution in [2.45, 2.75) is 40.0 Å². The molecule has 6 heteroatoms. The lowest BCUT2D eigenvalue weighted by molar-refractivity contribution is 0.0950. The maximum Gasteiger partial charge on any atom is 0.292 e. The molecule has 1 aliphatic carbocycles. The predicted octanol–water partition coefficient (Wildman–Crippen LogP) is 3.10. The van der Waals surface area contributed by atoms with E-state index in [0.29, 0.717) is 28.5 Å². The summed E-state index contributed by atoms with van der Waals surface area (Å²) < 4.78 is 0. The van der Waals surface area contributed by atoms with Gasteiger partial charge in [0.1, 0.15) is 0 Å². The molecule has 1 aromatic heterocycles. The number of nitrogens with one attached hydrogen (secondary N) is 2. The molecule has 2 aromatic rings. The Morgan fingerprint density at radius 3 is 2.72 bits per heavy atom. The number of fused-ring (bicyclic) bond motifs is 1. The molecule has 1 fully saturated rings. The number of aromatic nitrogens is 2. The van der Waals surface area contributed by atoms with E-state index in [1.54, 1.807) is 24.3 Å². The molecule has 1 heterocycles. The minimum absolute atomic E-state index is 0.185. The molecule has 0 unspecified atom stereocenters. The summed E-state index contributed by atoms with van der Waals surface area (Å²) in [5.74, 6) is 1.07. The van der Waals surface area contributed by atoms with E-state index in [4.69, 9.17) is 0 Å². The number of carbonyl (C=O) groups is 1. The Hall–Kier alpha value is -2.50. The first-order valence-corrected chi connectivity index (χ1v) is 8.81. The van der Waals surface area contributed by atoms with Gasteiger partial charge in [-0.25, -0.2) is 10.5 Å². The number of aromatic amines is 1. The highest BCUT2D eigenvalue weighted by Gasteiger charge is 2.27. The van der Waals surface area contributed by atoms with Crippen LogP contribution >= 0.6 is 0 Å². The minimum Gasteiger partial charge on any atom is -0.267 e. The topological polar surface area (TPSA) is 87.2 Å². The highest BCUT2D eigenvalue weighted by molar-refractivity contribution is 6.05. The number of hydrogen-bond donors (Lipinski definition) is 2. The van der Waals surface area contributed by atoms with Crippen LogP contribution in [-0.2, 0) is 0 Å². The molecule has 0 bridgehead atoms. The Morgan fingerprint density at radius 2 is 2.00 bits per heavy atom. The molecule has 1 saturated carbocycles. The van der Waals surface area contributed by atoms with Gasteiger partial charge < -0.3 is 0 Å². The summed E-state index contributed by atoms with van der Waals surface area (Å²) >= 11 is 0. The molecule has 132 valence electrons. The molecule has 3 rings (SSSR count). The summed E-state index contributed by atoms with van der Waals surface area (Å²) in [6.07, 6.45) is 3.21. The number of H-pyrrole nitrogens is 1. The van der Waals surface area contributed by atoms with E-state index in [-0.39, 0.29) is 11.3 Å². The molecule has 25 heavy (non-hydrogen) atoms. The molecule has 0 saturated heterocycles. The third-order valence-electron chi connectivity index (χ3n) is 4.97. The van der Waals surface area contributed by atoms with Gasteiger partial charge in [0.05, 0.1) is 5.39 Å². The third kappa shape index (κ3) is 3.62. The molecule has 6 nitrogen and oxygen atoms in total. The highest BCUT2D eigenvalue weighted by atomic mass is 16.2. The van der Waals surface area contributed by atoms with Crippen LogP contribution in [0.25, 0.3) is 10.8 Å². The summed E-state index contributed by atoms with van der Waals surface area (Å²) in [6, 6.07) is 6.94. The summed E-state index contributed by atoms with van der Waals surface area (Å²) in [7, 11) is 0. The van der Waals surface area contributed by atoms with Gasteiger partial charge in [0.25, 0.3) is 11.5 Å². The Bertz CT molecular complexity index is 869. The lowest BCUT2D eigenvalue weighted by atomic mass is 9.76. The van der Waals surface area contributed by atoms with Crippen molar-refractivity contribution in [1.29, 1.82) is 0 Å². The summed E-state index contributed by atoms with van der Waals surface area (Å²) in [5, 5.41) is 11.7. The van der Waals surface area contributed by atoms with E-state index in [2.05, 4.69) is 41.5 Å². The first-order chi connectivity index (χ1) is 12.0. The number of amides is 1. The van der Waals surface area contributed by atoms with Crippen LogP contribution in [0.5, 0.6) is 0 Å². The van der Waals surface area contributed by atoms with Crippen LogP contribution in [0.1, 0.15) is 50.5 Å². The van der Waals surface area contributed by atoms with Gasteiger partial charge in [0, 0.05) is 17.0 Å². The van der Waals surface area contributed by atoms with Crippen LogP contribution in [0, 0.1) is 17.8 Å². The van der Waals surface area contributed by atoms with E-state index >= 15 is 0 Å². The van der Waals surface area contributed by atoms with Gasteiger partial charge in [-0.3, -0.25) is 9.59 Å². The van der Waals surface area contributed by atoms with Crippen LogP contribution in [0.4, 0.5) is 0 Å². The highest BCUT2D eigenvalue weighted by Crippen LogP contribution is 2.31. The second-order valence-electron chi connectivity index (χ2n) is 7.23. The minimum atomic E-state index is -0.402. The Labute approximate surface area is 146 Å². The van der Waals surface area contributed by atoms with E-state index in [1.807, 2.05) is 0 Å². The Kier molecular flexibility index (Phi) is 4.97. The quantitative estimate of drug-likeness (QED) is 0.842. The van der Waals surface area contributed by atoms with Gasteiger partial charge in [0.15, 0.2) is 5.69 Å². The van der Waals surface area contributed by atoms with Crippen LogP contribution in [0.2, 0.25) is 0 Å². The normalized spacial score (nSPS) is 22.5. The van der Waals surface area contributed by atoms with Crippen LogP contribution in [-0.4, -0.2) is 21.8 Å². The molecule has 1 aromatic carbocycles. The zero-order valence-electron chi connectivity index (χ0n) is 14.9. The molecular weight excluding hydrogens is 316 g/mol. The average molecular weight is 340 g/mol. The molecule has 1 amide bonds. The molecule has 0 radical (unpaired) electrons. The van der Waals surface area contributed by atoms with Crippen LogP contribution in [0.15, 0.2) is 34.2 Å². The summed E-state index contributed by atoms with van der Waals surface area (Å²) in [6.45, 7) is 6.59. The summed E-state index contributed by atoms with van der Waals surface area (Å²) in [5.41, 5.74) is 3.58. The van der Waals surface area contributed by atoms with Gasteiger partial charge >= 0.3 is 0 Å². The standard InChI is InChI=1S/C19H24N4O2/c1-11(2)13-9-8-12(3)10-16(13)20-23-19(25)17-14-6-4-5-7-15(14)18(24)22-21-17/h4-7,11-13H,8-10H2,1-3H3,(H,22,24)(H,23,25)/b20-16-/t12-,13-/m1/s1. The monoisotopic (exact) mass is 340 g/mol. The van der Waals surface area contributed by atoms with Gasteiger partial charge in [-0.15, -0.1) is 0 Å². The van der Waals surface area contributed by atoms with E-state index < -0.39 is 5.91 Å². The average Bonchev–Trinajstić information content (AvgIpc) is 2.60. The second-order valence-corrected chi connectivity index (χ2v) is 7.23. The van der Waals surface area contributed by atoms with Crippen molar-refractivity contribution in [3.8, 4) is 0 Å². The van der Waals surface area contributed by atoms with Crippen molar-refractivity contribution in [2.24, 2.45) is 22.9 Å². The molecule has 0 aliphatic heterocycles. The zero-order valence-corrected chi connectivity index (χ0v) is 14.9. The van der Waals surface area contributed by atoms with Crippen molar-refractivity contribution in [1.82, 2.24) is 15.6 Å². The number of hydrogen-bond acceptors (Lipinski definition) is 4. The summed E-state index contributed by atoms with van der Waals surface area (Å²) in [4.78, 5) is 24.4. The number of carbonyl (C=O) groups excluding carboxylic acids is 1. The second kappa shape index (κ2) is 7.17. The van der Waals surface area contributed by atoms with Crippen molar-refractivity contribution in [3.63, 3.8) is 0 Å². The fraction of sp³-hybridized carbons (Fsp3) is 0.474. The largest absolute Gasteiger partial charge is 0.292 e. The molecule has 2 atom stereocenters. The third-order valence-corrected chi connectivity index (χ3v) is 4.97. The van der Waals surface area contributed by atoms with E-state index in [0.717, 1.165) is 18.6 Å². The fourth-order valence-corrected chi connectivity index (χ4v) is 3.55. The van der Waals surface area contributed by atoms with Crippen molar-refractivity contribution in [3.05, 3.63) is 40.3 Å². The molecule has 2 N–H and O–H groups in total. The number of rotatable bonds is 3. The van der Waals surface area contributed by atoms with Gasteiger partial charge in [0.2, 0.25) is 0 Å². The zero-order chi connectivity index (χ0) is 18.0. The maximum absolute atomic E-state index is 12.6. The van der Waals surface area contributed by atoms with Gasteiger partial charge in [-0.05, 0) is 37.2 Å². The number of nitrogens with zero attached hydrogens (tertiary/aromatic N) is 2. The lowest BCUT2D eigenvalue weighted by Gasteiger charge is -2.30. The van der Waals surface area contributed by atoms with E-state index in [9.17, 15) is 9.59 Å². The van der Waals surface area contributed by atoms with Crippen molar-refractivity contribution >= 4 is 22.4 Å². The SMILES string of the molecule is CC(C)[C@H]1CC[C@@H](C)C/C1=N/NC(=O)c1n[nH]c(=O)c2ccccc12. The maximum atomic E-state index is 12.6. The number of benzene rings is 1. The molecule has 1 aliphatic rings. The lowest BCUT2D eigenvalue weighted by Crippen LogP contribution is -2.31. The first kappa shape index (κ1) is 17.3. The van der Waals surface area contributed by atoms with Crippen molar-refractivity contribution < 1.29 is 4.79 Å². The van der Waals surface area contributed by atoms with Crippen molar-refractivity contribution in [2.75, 3.05) is 0 Å². The first-order valence-electron chi connectivity index (χ1n) is 8.81. The molecule has 0 spiro atoms. The Morgan fingerprint density at radius 1 is 1.28 bits per heavy atom. The fourth-order valence-electron chi connectivity index (χ4n) is 3.55. The smallest absolute Gasteiger partial charge is 0.267 e. The van der Waals surface area contributed by atoms with E-state index in [1.165, 1.54) is 6.42 Å². The van der Waals surface area contributed by atoms with Crippen LogP contribution < -0.4 is 11.0 Å². The van der Waals surface area contributed by atoms with Gasteiger partial charge in [-0.2, -0.15) is 10.2 Å². The molecular formula is C19H24N4O2. The Balaban J connectivity index is 1.87. The van der Waals surface area contributed by atoms with Crippen LogP contribution in [0.3, 0.4) is 0 Å². The number of hydrazone groups is 1. The van der Waals surface area contributed by atoms with Gasteiger partial charge in [-0.1, -0.05) is 39.0 Å². The predicted molar refractivity (Wildman–Crippen MR) is 98.6 cm³/mol.